The molecule has 21 heavy (non-hydrogen) atoms. The first kappa shape index (κ1) is 15.5. The number of rotatable bonds is 6. The Kier molecular flexibility index (Phi) is 4.60. The van der Waals surface area contributed by atoms with Gasteiger partial charge < -0.3 is 5.32 Å². The molecule has 0 aliphatic heterocycles. The van der Waals surface area contributed by atoms with Crippen molar-refractivity contribution >= 4 is 21.6 Å². The molecule has 1 fully saturated rings. The van der Waals surface area contributed by atoms with Gasteiger partial charge in [-0.25, -0.2) is 8.42 Å². The average Bonchev–Trinajstić information content (AvgIpc) is 3.23. The van der Waals surface area contributed by atoms with E-state index in [2.05, 4.69) is 5.32 Å². The van der Waals surface area contributed by atoms with Gasteiger partial charge in [0.05, 0.1) is 11.0 Å². The fourth-order valence-electron chi connectivity index (χ4n) is 2.07. The van der Waals surface area contributed by atoms with Crippen molar-refractivity contribution in [3.63, 3.8) is 0 Å². The number of anilines is 1. The highest BCUT2D eigenvalue weighted by atomic mass is 32.2. The highest BCUT2D eigenvalue weighted by molar-refractivity contribution is 7.89. The monoisotopic (exact) mass is 307 g/mol. The molecule has 7 heteroatoms. The van der Waals surface area contributed by atoms with Crippen LogP contribution in [0.3, 0.4) is 0 Å². The fraction of sp³-hybridized carbons (Fsp3) is 0.429. The largest absolute Gasteiger partial charge is 0.326 e. The number of hydrogen-bond donors (Lipinski definition) is 1. The zero-order chi connectivity index (χ0) is 15.5. The van der Waals surface area contributed by atoms with E-state index in [1.165, 1.54) is 23.4 Å². The van der Waals surface area contributed by atoms with Gasteiger partial charge in [-0.3, -0.25) is 4.79 Å². The number of nitrogens with one attached hydrogen (secondary N) is 1. The van der Waals surface area contributed by atoms with Gasteiger partial charge in [-0.1, -0.05) is 0 Å². The van der Waals surface area contributed by atoms with Crippen LogP contribution in [0.1, 0.15) is 26.2 Å². The highest BCUT2D eigenvalue weighted by Crippen LogP contribution is 2.32. The summed E-state index contributed by atoms with van der Waals surface area (Å²) in [5.74, 6) is -0.209. The van der Waals surface area contributed by atoms with Crippen LogP contribution in [-0.4, -0.2) is 31.2 Å². The van der Waals surface area contributed by atoms with Crippen LogP contribution >= 0.6 is 0 Å². The second-order valence-electron chi connectivity index (χ2n) is 4.96. The molecule has 0 unspecified atom stereocenters. The molecule has 2 rings (SSSR count). The molecule has 112 valence electrons. The van der Waals surface area contributed by atoms with Crippen LogP contribution in [0.4, 0.5) is 5.69 Å². The number of carbonyl (C=O) groups is 1. The lowest BCUT2D eigenvalue weighted by Crippen LogP contribution is -2.33. The summed E-state index contributed by atoms with van der Waals surface area (Å²) in [5, 5.41) is 11.3. The molecule has 0 bridgehead atoms. The molecule has 0 atom stereocenters. The minimum atomic E-state index is -3.59. The maximum atomic E-state index is 12.6. The predicted octanol–water partition coefficient (Wildman–Crippen LogP) is 1.71. The topological polar surface area (TPSA) is 90.3 Å². The Hall–Kier alpha value is -1.91. The van der Waals surface area contributed by atoms with Crippen molar-refractivity contribution in [2.75, 3.05) is 11.9 Å². The number of carbonyl (C=O) groups excluding carboxylic acids is 1. The van der Waals surface area contributed by atoms with Crippen molar-refractivity contribution < 1.29 is 13.2 Å². The molecule has 1 saturated carbocycles. The van der Waals surface area contributed by atoms with Crippen molar-refractivity contribution in [1.29, 1.82) is 5.26 Å². The zero-order valence-corrected chi connectivity index (χ0v) is 12.6. The number of benzene rings is 1. The lowest BCUT2D eigenvalue weighted by molar-refractivity contribution is -0.114. The Balaban J connectivity index is 2.21. The second-order valence-corrected chi connectivity index (χ2v) is 6.85. The summed E-state index contributed by atoms with van der Waals surface area (Å²) < 4.78 is 26.6. The molecule has 1 N–H and O–H groups in total. The van der Waals surface area contributed by atoms with Gasteiger partial charge in [0.15, 0.2) is 0 Å². The van der Waals surface area contributed by atoms with Crippen LogP contribution in [0, 0.1) is 11.3 Å². The normalized spacial score (nSPS) is 14.7. The van der Waals surface area contributed by atoms with Crippen molar-refractivity contribution in [3.05, 3.63) is 24.3 Å². The van der Waals surface area contributed by atoms with Crippen LogP contribution in [0.5, 0.6) is 0 Å². The van der Waals surface area contributed by atoms with E-state index in [0.717, 1.165) is 12.8 Å². The fourth-order valence-corrected chi connectivity index (χ4v) is 3.76. The lowest BCUT2D eigenvalue weighted by atomic mass is 10.3. The number of sulfonamides is 1. The second kappa shape index (κ2) is 6.24. The van der Waals surface area contributed by atoms with Gasteiger partial charge in [0, 0.05) is 31.6 Å². The molecule has 6 nitrogen and oxygen atoms in total. The van der Waals surface area contributed by atoms with Crippen molar-refractivity contribution in [3.8, 4) is 6.07 Å². The SMILES string of the molecule is CC(=O)Nc1ccc(S(=O)(=O)N(CCC#N)C2CC2)cc1. The van der Waals surface area contributed by atoms with Gasteiger partial charge in [0.1, 0.15) is 0 Å². The van der Waals surface area contributed by atoms with Crippen molar-refractivity contribution in [2.24, 2.45) is 0 Å². The van der Waals surface area contributed by atoms with E-state index in [9.17, 15) is 13.2 Å². The summed E-state index contributed by atoms with van der Waals surface area (Å²) in [6.07, 6.45) is 1.86. The van der Waals surface area contributed by atoms with Crippen LogP contribution in [-0.2, 0) is 14.8 Å². The van der Waals surface area contributed by atoms with E-state index in [1.54, 1.807) is 12.1 Å². The summed E-state index contributed by atoms with van der Waals surface area (Å²) in [7, 11) is -3.59. The Morgan fingerprint density at radius 1 is 1.38 bits per heavy atom. The van der Waals surface area contributed by atoms with E-state index >= 15 is 0 Å². The molecule has 0 saturated heterocycles. The molecule has 0 heterocycles. The first-order valence-electron chi connectivity index (χ1n) is 6.71. The van der Waals surface area contributed by atoms with Gasteiger partial charge in [-0.05, 0) is 37.1 Å². The van der Waals surface area contributed by atoms with Gasteiger partial charge in [0.2, 0.25) is 15.9 Å². The summed E-state index contributed by atoms with van der Waals surface area (Å²) in [6.45, 7) is 1.61. The molecule has 1 aliphatic rings. The van der Waals surface area contributed by atoms with E-state index in [4.69, 9.17) is 5.26 Å². The van der Waals surface area contributed by atoms with Gasteiger partial charge >= 0.3 is 0 Å². The minimum Gasteiger partial charge on any atom is -0.326 e. The number of amides is 1. The third-order valence-corrected chi connectivity index (χ3v) is 5.15. The summed E-state index contributed by atoms with van der Waals surface area (Å²) in [5.41, 5.74) is 0.552. The Labute approximate surface area is 124 Å². The summed E-state index contributed by atoms with van der Waals surface area (Å²) in [4.78, 5) is 11.1. The zero-order valence-electron chi connectivity index (χ0n) is 11.7. The van der Waals surface area contributed by atoms with E-state index in [1.807, 2.05) is 6.07 Å². The quantitative estimate of drug-likeness (QED) is 0.866. The van der Waals surface area contributed by atoms with E-state index in [-0.39, 0.29) is 29.8 Å². The maximum absolute atomic E-state index is 12.6. The lowest BCUT2D eigenvalue weighted by Gasteiger charge is -2.20. The first-order valence-corrected chi connectivity index (χ1v) is 8.15. The molecule has 0 aromatic heterocycles. The third-order valence-electron chi connectivity index (χ3n) is 3.18. The Morgan fingerprint density at radius 3 is 2.48 bits per heavy atom. The standard InChI is InChI=1S/C14H17N3O3S/c1-11(18)16-12-3-7-14(8-4-12)21(19,20)17(10-2-9-15)13-5-6-13/h3-4,7-8,13H,2,5-6,10H2,1H3,(H,16,18). The molecule has 1 aromatic carbocycles. The van der Waals surface area contributed by atoms with Crippen LogP contribution in [0.25, 0.3) is 0 Å². The maximum Gasteiger partial charge on any atom is 0.243 e. The molecule has 0 spiro atoms. The highest BCUT2D eigenvalue weighted by Gasteiger charge is 2.37. The van der Waals surface area contributed by atoms with Gasteiger partial charge in [-0.15, -0.1) is 0 Å². The molecule has 1 aromatic rings. The first-order chi connectivity index (χ1) is 9.95. The van der Waals surface area contributed by atoms with Crippen LogP contribution in [0.2, 0.25) is 0 Å². The molecular formula is C14H17N3O3S. The third kappa shape index (κ3) is 3.80. The summed E-state index contributed by atoms with van der Waals surface area (Å²) >= 11 is 0. The summed E-state index contributed by atoms with van der Waals surface area (Å²) in [6, 6.07) is 8.06. The Morgan fingerprint density at radius 2 is 2.00 bits per heavy atom. The Bertz CT molecular complexity index is 658. The van der Waals surface area contributed by atoms with E-state index < -0.39 is 10.0 Å². The average molecular weight is 307 g/mol. The van der Waals surface area contributed by atoms with Crippen LogP contribution < -0.4 is 5.32 Å². The van der Waals surface area contributed by atoms with Gasteiger partial charge in [-0.2, -0.15) is 9.57 Å². The van der Waals surface area contributed by atoms with Crippen molar-refractivity contribution in [2.45, 2.75) is 37.1 Å². The number of nitrogens with zero attached hydrogens (tertiary/aromatic N) is 2. The smallest absolute Gasteiger partial charge is 0.243 e. The van der Waals surface area contributed by atoms with Crippen molar-refractivity contribution in [1.82, 2.24) is 4.31 Å². The van der Waals surface area contributed by atoms with Gasteiger partial charge in [0.25, 0.3) is 0 Å². The van der Waals surface area contributed by atoms with E-state index in [0.29, 0.717) is 5.69 Å². The molecular weight excluding hydrogens is 290 g/mol. The number of hydrogen-bond acceptors (Lipinski definition) is 4. The predicted molar refractivity (Wildman–Crippen MR) is 77.9 cm³/mol. The number of nitriles is 1. The minimum absolute atomic E-state index is 0.0124. The van der Waals surface area contributed by atoms with Crippen LogP contribution in [0.15, 0.2) is 29.2 Å². The molecule has 1 aliphatic carbocycles. The molecule has 0 radical (unpaired) electrons. The molecule has 1 amide bonds.